The van der Waals surface area contributed by atoms with Gasteiger partial charge in [0.2, 0.25) is 0 Å². The third-order valence-corrected chi connectivity index (χ3v) is 2.42. The average Bonchev–Trinajstić information content (AvgIpc) is 2.77. The lowest BCUT2D eigenvalue weighted by Gasteiger charge is -2.09. The minimum atomic E-state index is 0.186. The Kier molecular flexibility index (Phi) is 3.44. The highest BCUT2D eigenvalue weighted by Gasteiger charge is 2.07. The fraction of sp³-hybridized carbons (Fsp3) is 0.308. The fourth-order valence-electron chi connectivity index (χ4n) is 1.69. The first-order valence-corrected chi connectivity index (χ1v) is 5.70. The average molecular weight is 231 g/mol. The van der Waals surface area contributed by atoms with Gasteiger partial charge in [-0.3, -0.25) is 0 Å². The van der Waals surface area contributed by atoms with Crippen LogP contribution in [0.25, 0.3) is 11.3 Å². The van der Waals surface area contributed by atoms with Crippen molar-refractivity contribution in [3.8, 4) is 17.0 Å². The van der Waals surface area contributed by atoms with Crippen molar-refractivity contribution in [2.75, 3.05) is 0 Å². The summed E-state index contributed by atoms with van der Waals surface area (Å²) in [6.45, 7) is 4.47. The molecule has 0 aliphatic heterocycles. The number of benzene rings is 1. The maximum atomic E-state index is 5.63. The highest BCUT2D eigenvalue weighted by molar-refractivity contribution is 5.62. The topological polar surface area (TPSA) is 63.9 Å². The van der Waals surface area contributed by atoms with Gasteiger partial charge in [0, 0.05) is 12.1 Å². The standard InChI is InChI=1S/C13H17N3O/c1-9(2)17-11-5-3-10(4-6-11)13-12(7-14)15-8-16-13/h3-6,8-9H,7,14H2,1-2H3,(H,15,16). The molecule has 4 nitrogen and oxygen atoms in total. The summed E-state index contributed by atoms with van der Waals surface area (Å²) in [6, 6.07) is 7.88. The summed E-state index contributed by atoms with van der Waals surface area (Å²) in [6.07, 6.45) is 1.85. The number of nitrogens with two attached hydrogens (primary N) is 1. The Morgan fingerprint density at radius 2 is 2.00 bits per heavy atom. The summed E-state index contributed by atoms with van der Waals surface area (Å²) in [5.74, 6) is 0.869. The van der Waals surface area contributed by atoms with Crippen molar-refractivity contribution in [1.82, 2.24) is 9.97 Å². The highest BCUT2D eigenvalue weighted by Crippen LogP contribution is 2.23. The molecule has 0 aliphatic carbocycles. The number of rotatable bonds is 4. The molecule has 0 saturated carbocycles. The van der Waals surface area contributed by atoms with E-state index in [2.05, 4.69) is 9.97 Å². The van der Waals surface area contributed by atoms with E-state index in [4.69, 9.17) is 10.5 Å². The van der Waals surface area contributed by atoms with Crippen LogP contribution in [0.15, 0.2) is 30.6 Å². The second-order valence-electron chi connectivity index (χ2n) is 4.12. The maximum absolute atomic E-state index is 5.63. The summed E-state index contributed by atoms with van der Waals surface area (Å²) in [5.41, 5.74) is 8.53. The number of nitrogens with one attached hydrogen (secondary N) is 1. The van der Waals surface area contributed by atoms with Gasteiger partial charge >= 0.3 is 0 Å². The first-order valence-electron chi connectivity index (χ1n) is 5.70. The SMILES string of the molecule is CC(C)Oc1ccc(-c2nc[nH]c2CN)cc1. The lowest BCUT2D eigenvalue weighted by molar-refractivity contribution is 0.242. The number of hydrogen-bond acceptors (Lipinski definition) is 3. The normalized spacial score (nSPS) is 10.8. The molecular weight excluding hydrogens is 214 g/mol. The van der Waals surface area contributed by atoms with Crippen LogP contribution < -0.4 is 10.5 Å². The van der Waals surface area contributed by atoms with E-state index >= 15 is 0 Å². The van der Waals surface area contributed by atoms with Gasteiger partial charge in [-0.15, -0.1) is 0 Å². The number of nitrogens with zero attached hydrogens (tertiary/aromatic N) is 1. The Bertz CT molecular complexity index is 474. The van der Waals surface area contributed by atoms with E-state index in [1.165, 1.54) is 0 Å². The largest absolute Gasteiger partial charge is 0.491 e. The molecule has 0 unspecified atom stereocenters. The zero-order valence-corrected chi connectivity index (χ0v) is 10.1. The van der Waals surface area contributed by atoms with Gasteiger partial charge in [0.1, 0.15) is 5.75 Å². The smallest absolute Gasteiger partial charge is 0.119 e. The van der Waals surface area contributed by atoms with Crippen LogP contribution in [0.5, 0.6) is 5.75 Å². The van der Waals surface area contributed by atoms with Gasteiger partial charge in [-0.2, -0.15) is 0 Å². The molecule has 0 spiro atoms. The Hall–Kier alpha value is -1.81. The molecule has 1 aromatic heterocycles. The van der Waals surface area contributed by atoms with Gasteiger partial charge in [0.25, 0.3) is 0 Å². The van der Waals surface area contributed by atoms with E-state index < -0.39 is 0 Å². The number of imidazole rings is 1. The maximum Gasteiger partial charge on any atom is 0.119 e. The Morgan fingerprint density at radius 1 is 1.29 bits per heavy atom. The predicted octanol–water partition coefficient (Wildman–Crippen LogP) is 2.32. The lowest BCUT2D eigenvalue weighted by Crippen LogP contribution is -2.05. The molecule has 0 saturated heterocycles. The van der Waals surface area contributed by atoms with E-state index in [0.717, 1.165) is 22.7 Å². The van der Waals surface area contributed by atoms with Crippen LogP contribution in [-0.4, -0.2) is 16.1 Å². The second-order valence-corrected chi connectivity index (χ2v) is 4.12. The summed E-state index contributed by atoms with van der Waals surface area (Å²) in [7, 11) is 0. The fourth-order valence-corrected chi connectivity index (χ4v) is 1.69. The summed E-state index contributed by atoms with van der Waals surface area (Å²) in [4.78, 5) is 7.30. The van der Waals surface area contributed by atoms with Crippen molar-refractivity contribution in [2.24, 2.45) is 5.73 Å². The van der Waals surface area contributed by atoms with Gasteiger partial charge in [-0.25, -0.2) is 4.98 Å². The van der Waals surface area contributed by atoms with Gasteiger partial charge in [-0.1, -0.05) is 0 Å². The molecule has 2 aromatic rings. The summed E-state index contributed by atoms with van der Waals surface area (Å²) < 4.78 is 5.59. The van der Waals surface area contributed by atoms with E-state index in [-0.39, 0.29) is 6.10 Å². The first kappa shape index (κ1) is 11.7. The molecule has 0 radical (unpaired) electrons. The monoisotopic (exact) mass is 231 g/mol. The van der Waals surface area contributed by atoms with Gasteiger partial charge in [0.05, 0.1) is 23.8 Å². The third kappa shape index (κ3) is 2.65. The van der Waals surface area contributed by atoms with Crippen molar-refractivity contribution < 1.29 is 4.74 Å². The number of hydrogen-bond donors (Lipinski definition) is 2. The van der Waals surface area contributed by atoms with E-state index in [1.807, 2.05) is 38.1 Å². The third-order valence-electron chi connectivity index (χ3n) is 2.42. The van der Waals surface area contributed by atoms with E-state index in [1.54, 1.807) is 6.33 Å². The molecule has 2 rings (SSSR count). The minimum Gasteiger partial charge on any atom is -0.491 e. The number of aromatic amines is 1. The molecular formula is C13H17N3O. The van der Waals surface area contributed by atoms with Crippen LogP contribution in [0.4, 0.5) is 0 Å². The molecule has 0 aliphatic rings. The Morgan fingerprint density at radius 3 is 2.59 bits per heavy atom. The zero-order valence-electron chi connectivity index (χ0n) is 10.1. The number of ether oxygens (including phenoxy) is 1. The highest BCUT2D eigenvalue weighted by atomic mass is 16.5. The first-order chi connectivity index (χ1) is 8.20. The molecule has 90 valence electrons. The summed E-state index contributed by atoms with van der Waals surface area (Å²) >= 11 is 0. The lowest BCUT2D eigenvalue weighted by atomic mass is 10.1. The van der Waals surface area contributed by atoms with Gasteiger partial charge < -0.3 is 15.5 Å². The second kappa shape index (κ2) is 5.01. The molecule has 1 aromatic carbocycles. The number of H-pyrrole nitrogens is 1. The molecule has 0 atom stereocenters. The van der Waals surface area contributed by atoms with Crippen LogP contribution in [-0.2, 0) is 6.54 Å². The molecule has 0 amide bonds. The van der Waals surface area contributed by atoms with Crippen LogP contribution in [0, 0.1) is 0 Å². The Balaban J connectivity index is 2.23. The van der Waals surface area contributed by atoms with Crippen molar-refractivity contribution in [3.63, 3.8) is 0 Å². The molecule has 0 fully saturated rings. The quantitative estimate of drug-likeness (QED) is 0.848. The van der Waals surface area contributed by atoms with Crippen LogP contribution in [0.3, 0.4) is 0 Å². The van der Waals surface area contributed by atoms with Crippen LogP contribution in [0.1, 0.15) is 19.5 Å². The molecule has 0 bridgehead atoms. The van der Waals surface area contributed by atoms with Crippen molar-refractivity contribution >= 4 is 0 Å². The van der Waals surface area contributed by atoms with Crippen molar-refractivity contribution in [1.29, 1.82) is 0 Å². The van der Waals surface area contributed by atoms with E-state index in [9.17, 15) is 0 Å². The molecule has 4 heteroatoms. The van der Waals surface area contributed by atoms with Gasteiger partial charge in [-0.05, 0) is 38.1 Å². The van der Waals surface area contributed by atoms with Crippen molar-refractivity contribution in [2.45, 2.75) is 26.5 Å². The molecule has 3 N–H and O–H groups in total. The van der Waals surface area contributed by atoms with E-state index in [0.29, 0.717) is 6.54 Å². The molecule has 17 heavy (non-hydrogen) atoms. The predicted molar refractivity (Wildman–Crippen MR) is 67.7 cm³/mol. The Labute approximate surface area is 101 Å². The van der Waals surface area contributed by atoms with Crippen LogP contribution >= 0.6 is 0 Å². The van der Waals surface area contributed by atoms with Crippen LogP contribution in [0.2, 0.25) is 0 Å². The number of aromatic nitrogens is 2. The van der Waals surface area contributed by atoms with Crippen molar-refractivity contribution in [3.05, 3.63) is 36.3 Å². The molecule has 1 heterocycles. The summed E-state index contributed by atoms with van der Waals surface area (Å²) in [5, 5.41) is 0. The zero-order chi connectivity index (χ0) is 12.3. The minimum absolute atomic E-state index is 0.186. The van der Waals surface area contributed by atoms with Gasteiger partial charge in [0.15, 0.2) is 0 Å².